The fourth-order valence-corrected chi connectivity index (χ4v) is 2.77. The van der Waals surface area contributed by atoms with E-state index in [2.05, 4.69) is 0 Å². The van der Waals surface area contributed by atoms with Crippen molar-refractivity contribution in [3.63, 3.8) is 0 Å². The number of halogens is 2. The Bertz CT molecular complexity index is 414. The highest BCUT2D eigenvalue weighted by Gasteiger charge is 2.34. The molecule has 2 nitrogen and oxygen atoms in total. The van der Waals surface area contributed by atoms with Crippen LogP contribution in [0.2, 0.25) is 5.02 Å². The van der Waals surface area contributed by atoms with E-state index in [0.717, 1.165) is 12.8 Å². The lowest BCUT2D eigenvalue weighted by atomic mass is 9.79. The van der Waals surface area contributed by atoms with Crippen LogP contribution in [0, 0.1) is 5.82 Å². The molecule has 2 rings (SSSR count). The Labute approximate surface area is 112 Å². The summed E-state index contributed by atoms with van der Waals surface area (Å²) in [5.41, 5.74) is -0.109. The number of ether oxygens (including phenoxy) is 1. The van der Waals surface area contributed by atoms with Crippen molar-refractivity contribution in [1.82, 2.24) is 0 Å². The predicted molar refractivity (Wildman–Crippen MR) is 69.3 cm³/mol. The lowest BCUT2D eigenvalue weighted by Crippen LogP contribution is -2.38. The highest BCUT2D eigenvalue weighted by Crippen LogP contribution is 2.34. The normalized spacial score (nSPS) is 28.3. The van der Waals surface area contributed by atoms with Crippen molar-refractivity contribution in [2.45, 2.75) is 43.8 Å². The van der Waals surface area contributed by atoms with Crippen LogP contribution in [0.5, 0.6) is 0 Å². The first-order valence-electron chi connectivity index (χ1n) is 6.22. The quantitative estimate of drug-likeness (QED) is 0.914. The molecule has 1 fully saturated rings. The second-order valence-corrected chi connectivity index (χ2v) is 5.43. The van der Waals surface area contributed by atoms with Gasteiger partial charge in [-0.1, -0.05) is 23.7 Å². The number of methoxy groups -OCH3 is 1. The lowest BCUT2D eigenvalue weighted by Gasteiger charge is -2.35. The highest BCUT2D eigenvalue weighted by molar-refractivity contribution is 6.31. The number of hydrogen-bond acceptors (Lipinski definition) is 2. The van der Waals surface area contributed by atoms with Crippen molar-refractivity contribution >= 4 is 11.6 Å². The summed E-state index contributed by atoms with van der Waals surface area (Å²) in [6.45, 7) is 0. The third kappa shape index (κ3) is 3.02. The molecule has 0 amide bonds. The van der Waals surface area contributed by atoms with E-state index in [-0.39, 0.29) is 11.1 Å². The molecule has 100 valence electrons. The molecule has 4 heteroatoms. The molecule has 0 heterocycles. The summed E-state index contributed by atoms with van der Waals surface area (Å²) in [6.07, 6.45) is 3.63. The van der Waals surface area contributed by atoms with Gasteiger partial charge in [-0.25, -0.2) is 4.39 Å². The molecular weight excluding hydrogens is 255 g/mol. The maximum Gasteiger partial charge on any atom is 0.142 e. The van der Waals surface area contributed by atoms with Crippen molar-refractivity contribution in [2.24, 2.45) is 0 Å². The number of benzene rings is 1. The molecular formula is C14H18ClFO2. The topological polar surface area (TPSA) is 29.5 Å². The van der Waals surface area contributed by atoms with Gasteiger partial charge in [0.2, 0.25) is 0 Å². The van der Waals surface area contributed by atoms with Gasteiger partial charge in [-0.3, -0.25) is 0 Å². The summed E-state index contributed by atoms with van der Waals surface area (Å²) in [6, 6.07) is 4.73. The summed E-state index contributed by atoms with van der Waals surface area (Å²) in [7, 11) is 1.69. The molecule has 18 heavy (non-hydrogen) atoms. The van der Waals surface area contributed by atoms with E-state index in [1.165, 1.54) is 6.07 Å². The summed E-state index contributed by atoms with van der Waals surface area (Å²) in [5, 5.41) is 10.6. The van der Waals surface area contributed by atoms with Crippen molar-refractivity contribution in [2.75, 3.05) is 7.11 Å². The average molecular weight is 273 g/mol. The maximum atomic E-state index is 13.3. The van der Waals surface area contributed by atoms with Crippen LogP contribution in [0.3, 0.4) is 0 Å². The smallest absolute Gasteiger partial charge is 0.142 e. The third-order valence-electron chi connectivity index (χ3n) is 3.75. The van der Waals surface area contributed by atoms with Crippen molar-refractivity contribution in [3.8, 4) is 0 Å². The van der Waals surface area contributed by atoms with Crippen LogP contribution in [-0.4, -0.2) is 23.9 Å². The van der Waals surface area contributed by atoms with Crippen molar-refractivity contribution in [3.05, 3.63) is 34.6 Å². The average Bonchev–Trinajstić information content (AvgIpc) is 2.36. The molecule has 1 aliphatic carbocycles. The first-order chi connectivity index (χ1) is 8.54. The second kappa shape index (κ2) is 5.55. The van der Waals surface area contributed by atoms with Gasteiger partial charge in [0.15, 0.2) is 0 Å². The monoisotopic (exact) mass is 272 g/mol. The second-order valence-electron chi connectivity index (χ2n) is 5.05. The molecule has 0 spiro atoms. The first kappa shape index (κ1) is 13.8. The molecule has 0 bridgehead atoms. The Morgan fingerprint density at radius 1 is 1.44 bits per heavy atom. The fourth-order valence-electron chi connectivity index (χ4n) is 2.58. The predicted octanol–water partition coefficient (Wildman–Crippen LogP) is 3.34. The van der Waals surface area contributed by atoms with E-state index < -0.39 is 11.4 Å². The van der Waals surface area contributed by atoms with Crippen LogP contribution in [0.15, 0.2) is 18.2 Å². The minimum atomic E-state index is -0.785. The van der Waals surface area contributed by atoms with Gasteiger partial charge in [-0.05, 0) is 37.3 Å². The zero-order valence-corrected chi connectivity index (χ0v) is 11.2. The number of hydrogen-bond donors (Lipinski definition) is 1. The molecule has 0 atom stereocenters. The van der Waals surface area contributed by atoms with Crippen LogP contribution in [0.4, 0.5) is 4.39 Å². The Morgan fingerprint density at radius 2 is 2.11 bits per heavy atom. The highest BCUT2D eigenvalue weighted by atomic mass is 35.5. The molecule has 1 saturated carbocycles. The molecule has 0 aromatic heterocycles. The van der Waals surface area contributed by atoms with E-state index >= 15 is 0 Å². The van der Waals surface area contributed by atoms with Crippen LogP contribution in [0.1, 0.15) is 31.2 Å². The van der Waals surface area contributed by atoms with Gasteiger partial charge in [-0.2, -0.15) is 0 Å². The third-order valence-corrected chi connectivity index (χ3v) is 4.17. The molecule has 0 saturated heterocycles. The van der Waals surface area contributed by atoms with Gasteiger partial charge < -0.3 is 9.84 Å². The summed E-state index contributed by atoms with van der Waals surface area (Å²) >= 11 is 5.92. The fraction of sp³-hybridized carbons (Fsp3) is 0.571. The largest absolute Gasteiger partial charge is 0.390 e. The SMILES string of the molecule is COC1CCC(O)(Cc2cccc(F)c2Cl)CC1. The van der Waals surface area contributed by atoms with Gasteiger partial charge in [0.05, 0.1) is 16.7 Å². The van der Waals surface area contributed by atoms with Crippen molar-refractivity contribution in [1.29, 1.82) is 0 Å². The van der Waals surface area contributed by atoms with Crippen LogP contribution in [-0.2, 0) is 11.2 Å². The minimum absolute atomic E-state index is 0.125. The summed E-state index contributed by atoms with van der Waals surface area (Å²) in [5.74, 6) is -0.427. The van der Waals surface area contributed by atoms with Crippen LogP contribution >= 0.6 is 11.6 Å². The molecule has 1 aromatic rings. The van der Waals surface area contributed by atoms with Crippen molar-refractivity contribution < 1.29 is 14.2 Å². The van der Waals surface area contributed by atoms with Gasteiger partial charge in [0.25, 0.3) is 0 Å². The van der Waals surface area contributed by atoms with E-state index in [0.29, 0.717) is 24.8 Å². The molecule has 0 unspecified atom stereocenters. The van der Waals surface area contributed by atoms with Crippen LogP contribution in [0.25, 0.3) is 0 Å². The summed E-state index contributed by atoms with van der Waals surface area (Å²) < 4.78 is 18.6. The Balaban J connectivity index is 2.07. The summed E-state index contributed by atoms with van der Waals surface area (Å²) in [4.78, 5) is 0. The lowest BCUT2D eigenvalue weighted by molar-refractivity contribution is -0.0427. The zero-order valence-electron chi connectivity index (χ0n) is 10.5. The molecule has 0 radical (unpaired) electrons. The number of aliphatic hydroxyl groups is 1. The molecule has 1 aromatic carbocycles. The molecule has 1 aliphatic rings. The van der Waals surface area contributed by atoms with E-state index in [9.17, 15) is 9.50 Å². The first-order valence-corrected chi connectivity index (χ1v) is 6.60. The van der Waals surface area contributed by atoms with Gasteiger partial charge >= 0.3 is 0 Å². The maximum absolute atomic E-state index is 13.3. The van der Waals surface area contributed by atoms with Gasteiger partial charge in [-0.15, -0.1) is 0 Å². The standard InChI is InChI=1S/C14H18ClFO2/c1-18-11-5-7-14(17,8-6-11)9-10-3-2-4-12(16)13(10)15/h2-4,11,17H,5-9H2,1H3. The Kier molecular flexibility index (Phi) is 4.25. The minimum Gasteiger partial charge on any atom is -0.390 e. The van der Waals surface area contributed by atoms with Gasteiger partial charge in [0, 0.05) is 13.5 Å². The van der Waals surface area contributed by atoms with E-state index in [1.54, 1.807) is 19.2 Å². The zero-order chi connectivity index (χ0) is 13.2. The van der Waals surface area contributed by atoms with Gasteiger partial charge in [0.1, 0.15) is 5.82 Å². The van der Waals surface area contributed by atoms with E-state index in [4.69, 9.17) is 16.3 Å². The molecule has 1 N–H and O–H groups in total. The molecule has 0 aliphatic heterocycles. The van der Waals surface area contributed by atoms with Crippen LogP contribution < -0.4 is 0 Å². The van der Waals surface area contributed by atoms with E-state index in [1.807, 2.05) is 0 Å². The number of rotatable bonds is 3. The Morgan fingerprint density at radius 3 is 2.72 bits per heavy atom. The Hall–Kier alpha value is -0.640.